The summed E-state index contributed by atoms with van der Waals surface area (Å²) in [6.45, 7) is 0. The first kappa shape index (κ1) is 36.7. The molecule has 2 heterocycles. The zero-order chi connectivity index (χ0) is 43.3. The van der Waals surface area contributed by atoms with Crippen LogP contribution in [-0.4, -0.2) is 0 Å². The van der Waals surface area contributed by atoms with Crippen molar-refractivity contribution in [2.45, 2.75) is 0 Å². The lowest BCUT2D eigenvalue weighted by atomic mass is 9.84. The molecule has 0 amide bonds. The lowest BCUT2D eigenvalue weighted by Gasteiger charge is -2.18. The second-order valence-corrected chi connectivity index (χ2v) is 17.4. The molecule has 0 spiro atoms. The molecule has 0 saturated carbocycles. The Bertz CT molecular complexity index is 4150. The van der Waals surface area contributed by atoms with Gasteiger partial charge in [0.25, 0.3) is 0 Å². The number of benzene rings is 12. The van der Waals surface area contributed by atoms with E-state index in [9.17, 15) is 0 Å². The third-order valence-corrected chi connectivity index (χ3v) is 13.8. The predicted molar refractivity (Wildman–Crippen MR) is 278 cm³/mol. The first-order valence-electron chi connectivity index (χ1n) is 22.7. The number of rotatable bonds is 5. The van der Waals surface area contributed by atoms with Crippen molar-refractivity contribution >= 4 is 87.0 Å². The monoisotopic (exact) mass is 838 g/mol. The summed E-state index contributed by atoms with van der Waals surface area (Å²) in [6, 6.07) is 83.5. The van der Waals surface area contributed by atoms with Gasteiger partial charge in [-0.1, -0.05) is 188 Å². The molecule has 12 aromatic carbocycles. The summed E-state index contributed by atoms with van der Waals surface area (Å²) in [5, 5.41) is 14.2. The second kappa shape index (κ2) is 14.4. The van der Waals surface area contributed by atoms with Crippen LogP contribution in [-0.2, 0) is 0 Å². The Labute approximate surface area is 380 Å². The minimum atomic E-state index is 0.872. The third kappa shape index (κ3) is 5.49. The minimum absolute atomic E-state index is 0.872. The summed E-state index contributed by atoms with van der Waals surface area (Å²) < 4.78 is 13.2. The molecule has 0 radical (unpaired) electrons. The van der Waals surface area contributed by atoms with E-state index in [1.165, 1.54) is 82.0 Å². The Morgan fingerprint density at radius 2 is 0.561 bits per heavy atom. The van der Waals surface area contributed by atoms with Crippen LogP contribution in [0.5, 0.6) is 0 Å². The summed E-state index contributed by atoms with van der Waals surface area (Å²) in [5.74, 6) is 0. The molecule has 2 heteroatoms. The highest BCUT2D eigenvalue weighted by Gasteiger charge is 2.23. The standard InChI is InChI=1S/C64H38O2/c1-3-16-39(17-4-1)41-30-33-56-53(36-41)54-37-42(31-34-57(54)65-56)61-48-24-11-13-26-50(48)63(51-27-14-12-25-49(51)61)52-28-15-29-59-64(52)55-38-43(32-35-58(55)66-59)62-46-22-9-7-20-44(46)60(40-18-5-2-6-19-40)45-21-8-10-23-47(45)62/h1-38H. The van der Waals surface area contributed by atoms with E-state index in [-0.39, 0.29) is 0 Å². The average Bonchev–Trinajstić information content (AvgIpc) is 3.95. The number of fused-ring (bicyclic) bond motifs is 10. The van der Waals surface area contributed by atoms with Crippen LogP contribution in [0.25, 0.3) is 143 Å². The van der Waals surface area contributed by atoms with Gasteiger partial charge in [-0.3, -0.25) is 0 Å². The fraction of sp³-hybridized carbons (Fsp3) is 0. The lowest BCUT2D eigenvalue weighted by Crippen LogP contribution is -1.91. The molecule has 66 heavy (non-hydrogen) atoms. The maximum absolute atomic E-state index is 6.77. The van der Waals surface area contributed by atoms with Gasteiger partial charge in [0.2, 0.25) is 0 Å². The molecule has 0 fully saturated rings. The van der Waals surface area contributed by atoms with Crippen LogP contribution in [0.1, 0.15) is 0 Å². The molecule has 0 bridgehead atoms. The van der Waals surface area contributed by atoms with E-state index < -0.39 is 0 Å². The highest BCUT2D eigenvalue weighted by atomic mass is 16.3. The van der Waals surface area contributed by atoms with Crippen molar-refractivity contribution in [3.05, 3.63) is 231 Å². The van der Waals surface area contributed by atoms with Crippen molar-refractivity contribution in [1.29, 1.82) is 0 Å². The Morgan fingerprint density at radius 1 is 0.197 bits per heavy atom. The highest BCUT2D eigenvalue weighted by Crippen LogP contribution is 2.49. The smallest absolute Gasteiger partial charge is 0.136 e. The molecule has 0 aliphatic heterocycles. The Morgan fingerprint density at radius 3 is 1.06 bits per heavy atom. The van der Waals surface area contributed by atoms with Crippen molar-refractivity contribution in [2.75, 3.05) is 0 Å². The van der Waals surface area contributed by atoms with Gasteiger partial charge >= 0.3 is 0 Å². The zero-order valence-electron chi connectivity index (χ0n) is 35.8. The highest BCUT2D eigenvalue weighted by molar-refractivity contribution is 6.27. The van der Waals surface area contributed by atoms with Crippen molar-refractivity contribution < 1.29 is 8.83 Å². The van der Waals surface area contributed by atoms with E-state index in [2.05, 4.69) is 231 Å². The van der Waals surface area contributed by atoms with Crippen molar-refractivity contribution in [2.24, 2.45) is 0 Å². The Balaban J connectivity index is 1.00. The minimum Gasteiger partial charge on any atom is -0.456 e. The van der Waals surface area contributed by atoms with Crippen LogP contribution in [0, 0.1) is 0 Å². The maximum Gasteiger partial charge on any atom is 0.136 e. The van der Waals surface area contributed by atoms with Gasteiger partial charge in [0, 0.05) is 21.5 Å². The van der Waals surface area contributed by atoms with Gasteiger partial charge in [0.15, 0.2) is 0 Å². The Hall–Kier alpha value is -8.72. The van der Waals surface area contributed by atoms with Gasteiger partial charge in [-0.25, -0.2) is 0 Å². The van der Waals surface area contributed by atoms with Crippen LogP contribution in [0.4, 0.5) is 0 Å². The first-order valence-corrected chi connectivity index (χ1v) is 22.7. The fourth-order valence-corrected chi connectivity index (χ4v) is 11.0. The van der Waals surface area contributed by atoms with Gasteiger partial charge in [-0.05, 0) is 141 Å². The molecule has 0 N–H and O–H groups in total. The van der Waals surface area contributed by atoms with Crippen LogP contribution < -0.4 is 0 Å². The number of hydrogen-bond donors (Lipinski definition) is 0. The molecule has 0 aliphatic rings. The van der Waals surface area contributed by atoms with E-state index in [0.717, 1.165) is 60.6 Å². The van der Waals surface area contributed by atoms with Crippen LogP contribution in [0.3, 0.4) is 0 Å². The topological polar surface area (TPSA) is 26.3 Å². The van der Waals surface area contributed by atoms with Crippen molar-refractivity contribution in [1.82, 2.24) is 0 Å². The number of hydrogen-bond acceptors (Lipinski definition) is 2. The SMILES string of the molecule is c1ccc(-c2ccc3oc4ccc(-c5c6ccccc6c(-c6cccc7oc8ccc(-c9c%10ccccc%10c(-c%10ccccc%10)c%10ccccc9%10)cc8c67)c6ccccc56)cc4c3c2)cc1. The predicted octanol–water partition coefficient (Wildman–Crippen LogP) is 18.4. The number of furan rings is 2. The third-order valence-electron chi connectivity index (χ3n) is 13.8. The molecular weight excluding hydrogens is 801 g/mol. The largest absolute Gasteiger partial charge is 0.456 e. The van der Waals surface area contributed by atoms with Crippen molar-refractivity contribution in [3.63, 3.8) is 0 Å². The fourth-order valence-electron chi connectivity index (χ4n) is 11.0. The lowest BCUT2D eigenvalue weighted by molar-refractivity contribution is 0.668. The van der Waals surface area contributed by atoms with E-state index in [4.69, 9.17) is 8.83 Å². The second-order valence-electron chi connectivity index (χ2n) is 17.4. The molecule has 0 atom stereocenters. The van der Waals surface area contributed by atoms with Gasteiger partial charge < -0.3 is 8.83 Å². The molecule has 0 unspecified atom stereocenters. The average molecular weight is 839 g/mol. The van der Waals surface area contributed by atoms with Crippen LogP contribution >= 0.6 is 0 Å². The van der Waals surface area contributed by atoms with Gasteiger partial charge in [-0.2, -0.15) is 0 Å². The van der Waals surface area contributed by atoms with Gasteiger partial charge in [0.1, 0.15) is 22.3 Å². The zero-order valence-corrected chi connectivity index (χ0v) is 35.8. The van der Waals surface area contributed by atoms with E-state index in [0.29, 0.717) is 0 Å². The van der Waals surface area contributed by atoms with Crippen LogP contribution in [0.2, 0.25) is 0 Å². The molecule has 2 nitrogen and oxygen atoms in total. The molecule has 0 saturated heterocycles. The van der Waals surface area contributed by atoms with E-state index >= 15 is 0 Å². The Kier molecular flexibility index (Phi) is 8.02. The van der Waals surface area contributed by atoms with Gasteiger partial charge in [-0.15, -0.1) is 0 Å². The van der Waals surface area contributed by atoms with E-state index in [1.54, 1.807) is 0 Å². The molecule has 0 aliphatic carbocycles. The quantitative estimate of drug-likeness (QED) is 0.161. The summed E-state index contributed by atoms with van der Waals surface area (Å²) in [5.41, 5.74) is 15.5. The van der Waals surface area contributed by atoms with E-state index in [1.807, 2.05) is 0 Å². The summed E-state index contributed by atoms with van der Waals surface area (Å²) in [7, 11) is 0. The normalized spacial score (nSPS) is 11.9. The molecule has 2 aromatic heterocycles. The molecule has 14 rings (SSSR count). The van der Waals surface area contributed by atoms with Crippen LogP contribution in [0.15, 0.2) is 239 Å². The molecule has 306 valence electrons. The van der Waals surface area contributed by atoms with Gasteiger partial charge in [0.05, 0.1) is 0 Å². The molecular formula is C64H38O2. The molecule has 14 aromatic rings. The summed E-state index contributed by atoms with van der Waals surface area (Å²) in [6.07, 6.45) is 0. The van der Waals surface area contributed by atoms with Crippen molar-refractivity contribution in [3.8, 4) is 55.6 Å². The summed E-state index contributed by atoms with van der Waals surface area (Å²) >= 11 is 0. The summed E-state index contributed by atoms with van der Waals surface area (Å²) in [4.78, 5) is 0. The maximum atomic E-state index is 6.77. The first-order chi connectivity index (χ1) is 32.7.